The summed E-state index contributed by atoms with van der Waals surface area (Å²) < 4.78 is 11.3. The second-order valence-corrected chi connectivity index (χ2v) is 13.9. The van der Waals surface area contributed by atoms with Gasteiger partial charge < -0.3 is 20.1 Å². The first kappa shape index (κ1) is 28.4. The van der Waals surface area contributed by atoms with Gasteiger partial charge in [0.1, 0.15) is 22.3 Å². The molecule has 2 N–H and O–H groups in total. The Morgan fingerprint density at radius 2 is 1.07 bits per heavy atom. The van der Waals surface area contributed by atoms with Crippen LogP contribution in [0.15, 0.2) is 36.4 Å². The Balaban J connectivity index is 1.22. The summed E-state index contributed by atoms with van der Waals surface area (Å²) >= 11 is 0. The van der Waals surface area contributed by atoms with E-state index in [4.69, 9.17) is 9.47 Å². The van der Waals surface area contributed by atoms with Gasteiger partial charge in [-0.05, 0) is 85.8 Å². The molecule has 4 saturated carbocycles. The van der Waals surface area contributed by atoms with Crippen molar-refractivity contribution in [1.29, 1.82) is 0 Å². The largest absolute Gasteiger partial charge is 0.495 e. The standard InChI is InChI=1S/C34H40N2O6/c1-31(2)21-11-13-33(17-21,27(31)37)29(39)35-23-9-7-19(15-25(23)41-5)20-8-10-24(26(16-20)42-6)36-30(40)34-14-12-22(18-34)32(3,4)28(34)38/h7-10,15-16,21-22H,11-14,17-18H2,1-6H3,(H,35,39)(H,36,40). The van der Waals surface area contributed by atoms with Gasteiger partial charge in [-0.2, -0.15) is 0 Å². The number of amides is 2. The van der Waals surface area contributed by atoms with Crippen LogP contribution in [0.5, 0.6) is 11.5 Å². The van der Waals surface area contributed by atoms with Crippen molar-refractivity contribution < 1.29 is 28.7 Å². The molecule has 0 radical (unpaired) electrons. The molecule has 4 bridgehead atoms. The monoisotopic (exact) mass is 572 g/mol. The number of ketones is 2. The summed E-state index contributed by atoms with van der Waals surface area (Å²) in [4.78, 5) is 53.3. The van der Waals surface area contributed by atoms with Crippen LogP contribution in [0.2, 0.25) is 0 Å². The van der Waals surface area contributed by atoms with Gasteiger partial charge in [-0.1, -0.05) is 39.8 Å². The molecule has 2 aromatic carbocycles. The van der Waals surface area contributed by atoms with Crippen LogP contribution in [-0.2, 0) is 19.2 Å². The zero-order valence-corrected chi connectivity index (χ0v) is 25.3. The predicted octanol–water partition coefficient (Wildman–Crippen LogP) is 6.04. The molecule has 0 spiro atoms. The Bertz CT molecular complexity index is 1410. The molecule has 4 aliphatic rings. The van der Waals surface area contributed by atoms with Crippen LogP contribution in [0.3, 0.4) is 0 Å². The minimum atomic E-state index is -0.969. The number of Topliss-reactive ketones (excluding diaryl/α,β-unsaturated/α-hetero) is 2. The van der Waals surface area contributed by atoms with E-state index in [1.807, 2.05) is 52.0 Å². The van der Waals surface area contributed by atoms with Gasteiger partial charge in [0.15, 0.2) is 11.6 Å². The number of fused-ring (bicyclic) bond motifs is 4. The maximum atomic E-state index is 13.5. The van der Waals surface area contributed by atoms with Crippen molar-refractivity contribution in [2.45, 2.75) is 66.2 Å². The van der Waals surface area contributed by atoms with Gasteiger partial charge in [0.25, 0.3) is 0 Å². The highest BCUT2D eigenvalue weighted by atomic mass is 16.5. The van der Waals surface area contributed by atoms with Crippen molar-refractivity contribution >= 4 is 34.8 Å². The fraction of sp³-hybridized carbons (Fsp3) is 0.529. The number of nitrogens with one attached hydrogen (secondary N) is 2. The number of hydrogen-bond acceptors (Lipinski definition) is 6. The van der Waals surface area contributed by atoms with Gasteiger partial charge in [0.05, 0.1) is 25.6 Å². The van der Waals surface area contributed by atoms with E-state index >= 15 is 0 Å². The zero-order chi connectivity index (χ0) is 30.2. The summed E-state index contributed by atoms with van der Waals surface area (Å²) in [6.45, 7) is 7.81. The van der Waals surface area contributed by atoms with Crippen molar-refractivity contribution in [3.63, 3.8) is 0 Å². The van der Waals surface area contributed by atoms with E-state index in [9.17, 15) is 19.2 Å². The van der Waals surface area contributed by atoms with Gasteiger partial charge in [0.2, 0.25) is 11.8 Å². The second kappa shape index (κ2) is 9.41. The molecule has 42 heavy (non-hydrogen) atoms. The Labute approximate surface area is 246 Å². The molecule has 0 heterocycles. The number of rotatable bonds is 7. The molecule has 222 valence electrons. The SMILES string of the molecule is COc1cc(-c2ccc(NC(=O)C34CCC(C3)C(C)(C)C4=O)c(OC)c2)ccc1NC(=O)C12CCC(C1)C(C)(C)C2=O. The highest BCUT2D eigenvalue weighted by Crippen LogP contribution is 2.61. The van der Waals surface area contributed by atoms with Gasteiger partial charge in [0, 0.05) is 10.8 Å². The molecule has 2 amide bonds. The minimum absolute atomic E-state index is 0.0342. The van der Waals surface area contributed by atoms with Gasteiger partial charge in [-0.15, -0.1) is 0 Å². The van der Waals surface area contributed by atoms with Gasteiger partial charge in [-0.3, -0.25) is 19.2 Å². The minimum Gasteiger partial charge on any atom is -0.495 e. The topological polar surface area (TPSA) is 111 Å². The summed E-state index contributed by atoms with van der Waals surface area (Å²) in [5.74, 6) is 0.983. The van der Waals surface area contributed by atoms with Crippen LogP contribution in [0, 0.1) is 33.5 Å². The van der Waals surface area contributed by atoms with E-state index in [0.29, 0.717) is 48.6 Å². The average molecular weight is 573 g/mol. The van der Waals surface area contributed by atoms with Crippen LogP contribution in [0.1, 0.15) is 66.2 Å². The second-order valence-electron chi connectivity index (χ2n) is 13.9. The Morgan fingerprint density at radius 1 is 0.690 bits per heavy atom. The fourth-order valence-corrected chi connectivity index (χ4v) is 8.39. The first-order valence-electron chi connectivity index (χ1n) is 14.9. The molecule has 0 aromatic heterocycles. The number of anilines is 2. The highest BCUT2D eigenvalue weighted by Gasteiger charge is 2.66. The van der Waals surface area contributed by atoms with Crippen LogP contribution >= 0.6 is 0 Å². The first-order valence-corrected chi connectivity index (χ1v) is 14.9. The lowest BCUT2D eigenvalue weighted by Crippen LogP contribution is -2.44. The number of methoxy groups -OCH3 is 2. The van der Waals surface area contributed by atoms with E-state index in [-0.39, 0.29) is 35.2 Å². The van der Waals surface area contributed by atoms with E-state index in [2.05, 4.69) is 10.6 Å². The Kier molecular flexibility index (Phi) is 6.37. The Hall–Kier alpha value is -3.68. The fourth-order valence-electron chi connectivity index (χ4n) is 8.39. The quantitative estimate of drug-likeness (QED) is 0.392. The summed E-state index contributed by atoms with van der Waals surface area (Å²) in [6.07, 6.45) is 4.14. The lowest BCUT2D eigenvalue weighted by molar-refractivity contribution is -0.143. The number of ether oxygens (including phenoxy) is 2. The van der Waals surface area contributed by atoms with E-state index in [1.54, 1.807) is 26.4 Å². The molecule has 0 saturated heterocycles. The lowest BCUT2D eigenvalue weighted by atomic mass is 9.70. The Morgan fingerprint density at radius 3 is 1.38 bits per heavy atom. The van der Waals surface area contributed by atoms with Crippen LogP contribution in [0.25, 0.3) is 11.1 Å². The number of hydrogen-bond donors (Lipinski definition) is 2. The number of carbonyl (C=O) groups excluding carboxylic acids is 4. The normalized spacial score (nSPS) is 30.0. The van der Waals surface area contributed by atoms with Crippen molar-refractivity contribution in [2.24, 2.45) is 33.5 Å². The average Bonchev–Trinajstić information content (AvgIpc) is 3.71. The number of benzene rings is 2. The predicted molar refractivity (Wildman–Crippen MR) is 159 cm³/mol. The third-order valence-corrected chi connectivity index (χ3v) is 11.2. The summed E-state index contributed by atoms with van der Waals surface area (Å²) in [7, 11) is 3.08. The van der Waals surface area contributed by atoms with E-state index < -0.39 is 21.7 Å². The first-order chi connectivity index (χ1) is 19.8. The molecular formula is C34H40N2O6. The summed E-state index contributed by atoms with van der Waals surface area (Å²) in [5.41, 5.74) is -0.224. The van der Waals surface area contributed by atoms with Gasteiger partial charge >= 0.3 is 0 Å². The van der Waals surface area contributed by atoms with Crippen molar-refractivity contribution in [3.8, 4) is 22.6 Å². The molecule has 4 fully saturated rings. The molecule has 6 rings (SSSR count). The maximum absolute atomic E-state index is 13.5. The van der Waals surface area contributed by atoms with Crippen molar-refractivity contribution in [2.75, 3.05) is 24.9 Å². The molecule has 8 heteroatoms. The van der Waals surface area contributed by atoms with Gasteiger partial charge in [-0.25, -0.2) is 0 Å². The third-order valence-electron chi connectivity index (χ3n) is 11.2. The molecule has 4 atom stereocenters. The molecule has 4 aliphatic carbocycles. The summed E-state index contributed by atoms with van der Waals surface area (Å²) in [6, 6.07) is 11.0. The summed E-state index contributed by atoms with van der Waals surface area (Å²) in [5, 5.41) is 5.97. The van der Waals surface area contributed by atoms with E-state index in [0.717, 1.165) is 24.0 Å². The van der Waals surface area contributed by atoms with Crippen LogP contribution < -0.4 is 20.1 Å². The smallest absolute Gasteiger partial charge is 0.238 e. The molecular weight excluding hydrogens is 532 g/mol. The van der Waals surface area contributed by atoms with E-state index in [1.165, 1.54) is 0 Å². The molecule has 4 unspecified atom stereocenters. The van der Waals surface area contributed by atoms with Crippen LogP contribution in [-0.4, -0.2) is 37.6 Å². The number of carbonyl (C=O) groups is 4. The van der Waals surface area contributed by atoms with Crippen molar-refractivity contribution in [1.82, 2.24) is 0 Å². The molecule has 2 aromatic rings. The lowest BCUT2D eigenvalue weighted by Gasteiger charge is -2.32. The zero-order valence-electron chi connectivity index (χ0n) is 25.3. The highest BCUT2D eigenvalue weighted by molar-refractivity contribution is 6.16. The molecule has 8 nitrogen and oxygen atoms in total. The molecule has 0 aliphatic heterocycles. The third kappa shape index (κ3) is 3.86. The van der Waals surface area contributed by atoms with Crippen molar-refractivity contribution in [3.05, 3.63) is 36.4 Å². The van der Waals surface area contributed by atoms with Crippen LogP contribution in [0.4, 0.5) is 11.4 Å². The maximum Gasteiger partial charge on any atom is 0.238 e.